The molecular weight excluding hydrogens is 458 g/mol. The Bertz CT molecular complexity index is 1350. The van der Waals surface area contributed by atoms with Gasteiger partial charge in [0, 0.05) is 17.7 Å². The normalized spacial score (nSPS) is 12.9. The van der Waals surface area contributed by atoms with Gasteiger partial charge in [-0.2, -0.15) is 15.0 Å². The topological polar surface area (TPSA) is 121 Å². The maximum absolute atomic E-state index is 13.4. The molecule has 0 spiro atoms. The van der Waals surface area contributed by atoms with Gasteiger partial charge in [0.2, 0.25) is 11.9 Å². The summed E-state index contributed by atoms with van der Waals surface area (Å²) in [5.74, 6) is 1.41. The van der Waals surface area contributed by atoms with Crippen LogP contribution in [0.25, 0.3) is 10.2 Å². The number of ether oxygens (including phenoxy) is 1. The summed E-state index contributed by atoms with van der Waals surface area (Å²) in [5, 5.41) is 4.54. The second-order valence-corrected chi connectivity index (χ2v) is 9.62. The number of nitrogen functional groups attached to an aromatic ring is 1. The van der Waals surface area contributed by atoms with Crippen molar-refractivity contribution in [2.45, 2.75) is 36.7 Å². The number of methoxy groups -OCH3 is 1. The number of hydrogen-bond acceptors (Lipinski definition) is 10. The van der Waals surface area contributed by atoms with Crippen molar-refractivity contribution >= 4 is 50.9 Å². The van der Waals surface area contributed by atoms with Gasteiger partial charge in [-0.05, 0) is 37.0 Å². The highest BCUT2D eigenvalue weighted by Crippen LogP contribution is 2.35. The summed E-state index contributed by atoms with van der Waals surface area (Å²) < 4.78 is 6.94. The number of para-hydroxylation sites is 1. The summed E-state index contributed by atoms with van der Waals surface area (Å²) in [6, 6.07) is 9.61. The lowest BCUT2D eigenvalue weighted by atomic mass is 10.2. The molecule has 9 nitrogen and oxygen atoms in total. The molecule has 11 heteroatoms. The highest BCUT2D eigenvalue weighted by molar-refractivity contribution is 7.98. The molecule has 5 rings (SSSR count). The van der Waals surface area contributed by atoms with Crippen LogP contribution >= 0.6 is 23.1 Å². The second kappa shape index (κ2) is 9.46. The lowest BCUT2D eigenvalue weighted by Gasteiger charge is -2.12. The van der Waals surface area contributed by atoms with Gasteiger partial charge < -0.3 is 15.8 Å². The van der Waals surface area contributed by atoms with Crippen LogP contribution in [-0.4, -0.2) is 38.2 Å². The Kier molecular flexibility index (Phi) is 6.25. The predicted octanol–water partition coefficient (Wildman–Crippen LogP) is 3.40. The number of nitrogens with two attached hydrogens (primary N) is 1. The van der Waals surface area contributed by atoms with Crippen molar-refractivity contribution in [3.05, 3.63) is 57.0 Å². The van der Waals surface area contributed by atoms with E-state index >= 15 is 0 Å². The third-order valence-corrected chi connectivity index (χ3v) is 7.53. The van der Waals surface area contributed by atoms with Crippen molar-refractivity contribution in [3.63, 3.8) is 0 Å². The Labute approximate surface area is 198 Å². The number of nitrogens with one attached hydrogen (secondary N) is 1. The number of benzene rings is 1. The van der Waals surface area contributed by atoms with E-state index in [4.69, 9.17) is 15.5 Å². The summed E-state index contributed by atoms with van der Waals surface area (Å²) in [6.45, 7) is 0.863. The van der Waals surface area contributed by atoms with Gasteiger partial charge in [-0.15, -0.1) is 11.3 Å². The molecule has 0 unspecified atom stereocenters. The quantitative estimate of drug-likeness (QED) is 0.288. The number of anilines is 3. The van der Waals surface area contributed by atoms with E-state index in [-0.39, 0.29) is 11.5 Å². The van der Waals surface area contributed by atoms with Crippen LogP contribution in [0.3, 0.4) is 0 Å². The van der Waals surface area contributed by atoms with Crippen LogP contribution in [0.4, 0.5) is 17.6 Å². The second-order valence-electron chi connectivity index (χ2n) is 7.59. The van der Waals surface area contributed by atoms with Crippen LogP contribution in [0.15, 0.2) is 40.3 Å². The molecular formula is C22H23N7O2S2. The first-order chi connectivity index (χ1) is 16.1. The van der Waals surface area contributed by atoms with E-state index in [2.05, 4.69) is 20.3 Å². The summed E-state index contributed by atoms with van der Waals surface area (Å²) in [6.07, 6.45) is 3.08. The van der Waals surface area contributed by atoms with Gasteiger partial charge in [0.1, 0.15) is 10.7 Å². The third kappa shape index (κ3) is 4.56. The molecule has 0 fully saturated rings. The molecule has 0 saturated heterocycles. The summed E-state index contributed by atoms with van der Waals surface area (Å²) in [5.41, 5.74) is 7.95. The SMILES string of the molecule is COCCn1c(SCc2nc(N)nc(Nc3ccccc3)n2)nc2sc3c(c2c1=O)CCC3. The van der Waals surface area contributed by atoms with Crippen molar-refractivity contribution in [1.29, 1.82) is 0 Å². The average molecular weight is 482 g/mol. The zero-order chi connectivity index (χ0) is 22.8. The molecule has 3 heterocycles. The lowest BCUT2D eigenvalue weighted by Crippen LogP contribution is -2.25. The van der Waals surface area contributed by atoms with E-state index < -0.39 is 0 Å². The first-order valence-electron chi connectivity index (χ1n) is 10.6. The van der Waals surface area contributed by atoms with Crippen molar-refractivity contribution in [1.82, 2.24) is 24.5 Å². The highest BCUT2D eigenvalue weighted by atomic mass is 32.2. The molecule has 1 aliphatic carbocycles. The van der Waals surface area contributed by atoms with Crippen molar-refractivity contribution in [2.75, 3.05) is 24.8 Å². The number of nitrogens with zero attached hydrogens (tertiary/aromatic N) is 5. The molecule has 0 bridgehead atoms. The number of aromatic nitrogens is 5. The molecule has 1 aliphatic rings. The van der Waals surface area contributed by atoms with Crippen molar-refractivity contribution < 1.29 is 4.74 Å². The predicted molar refractivity (Wildman–Crippen MR) is 131 cm³/mol. The molecule has 0 amide bonds. The van der Waals surface area contributed by atoms with E-state index in [1.54, 1.807) is 23.0 Å². The van der Waals surface area contributed by atoms with Crippen molar-refractivity contribution in [2.24, 2.45) is 0 Å². The molecule has 3 aromatic heterocycles. The molecule has 170 valence electrons. The zero-order valence-corrected chi connectivity index (χ0v) is 19.7. The van der Waals surface area contributed by atoms with E-state index in [1.165, 1.54) is 22.2 Å². The molecule has 33 heavy (non-hydrogen) atoms. The molecule has 0 radical (unpaired) electrons. The van der Waals surface area contributed by atoms with Gasteiger partial charge >= 0.3 is 0 Å². The number of hydrogen-bond donors (Lipinski definition) is 2. The van der Waals surface area contributed by atoms with E-state index in [0.29, 0.717) is 35.8 Å². The maximum Gasteiger partial charge on any atom is 0.263 e. The maximum atomic E-state index is 13.4. The fraction of sp³-hybridized carbons (Fsp3) is 0.318. The van der Waals surface area contributed by atoms with Gasteiger partial charge in [0.05, 0.1) is 24.3 Å². The van der Waals surface area contributed by atoms with Gasteiger partial charge in [-0.1, -0.05) is 30.0 Å². The van der Waals surface area contributed by atoms with Crippen LogP contribution < -0.4 is 16.6 Å². The molecule has 0 aliphatic heterocycles. The third-order valence-electron chi connectivity index (χ3n) is 5.37. The minimum Gasteiger partial charge on any atom is -0.383 e. The Morgan fingerprint density at radius 3 is 2.85 bits per heavy atom. The Hall–Kier alpha value is -3.02. The lowest BCUT2D eigenvalue weighted by molar-refractivity contribution is 0.183. The smallest absolute Gasteiger partial charge is 0.263 e. The molecule has 4 aromatic rings. The number of aryl methyl sites for hydroxylation is 2. The molecule has 0 saturated carbocycles. The van der Waals surface area contributed by atoms with Gasteiger partial charge in [-0.25, -0.2) is 4.98 Å². The van der Waals surface area contributed by atoms with Gasteiger partial charge in [-0.3, -0.25) is 9.36 Å². The van der Waals surface area contributed by atoms with Crippen LogP contribution in [0, 0.1) is 0 Å². The Morgan fingerprint density at radius 2 is 2.03 bits per heavy atom. The number of fused-ring (bicyclic) bond motifs is 3. The van der Waals surface area contributed by atoms with Crippen molar-refractivity contribution in [3.8, 4) is 0 Å². The van der Waals surface area contributed by atoms with Crippen LogP contribution in [-0.2, 0) is 29.9 Å². The van der Waals surface area contributed by atoms with E-state index in [0.717, 1.165) is 35.2 Å². The van der Waals surface area contributed by atoms with Crippen LogP contribution in [0.2, 0.25) is 0 Å². The average Bonchev–Trinajstić information content (AvgIpc) is 3.38. The molecule has 1 aromatic carbocycles. The van der Waals surface area contributed by atoms with Gasteiger partial charge in [0.25, 0.3) is 5.56 Å². The van der Waals surface area contributed by atoms with Crippen LogP contribution in [0.5, 0.6) is 0 Å². The number of thioether (sulfide) groups is 1. The van der Waals surface area contributed by atoms with Gasteiger partial charge in [0.15, 0.2) is 5.16 Å². The van der Waals surface area contributed by atoms with E-state index in [1.807, 2.05) is 30.3 Å². The Balaban J connectivity index is 1.44. The monoisotopic (exact) mass is 481 g/mol. The largest absolute Gasteiger partial charge is 0.383 e. The fourth-order valence-corrected chi connectivity index (χ4v) is 6.07. The zero-order valence-electron chi connectivity index (χ0n) is 18.1. The minimum absolute atomic E-state index is 0.000504. The first-order valence-corrected chi connectivity index (χ1v) is 12.4. The minimum atomic E-state index is 0.000504. The number of thiophene rings is 1. The summed E-state index contributed by atoms with van der Waals surface area (Å²) >= 11 is 3.05. The Morgan fingerprint density at radius 1 is 1.18 bits per heavy atom. The molecule has 3 N–H and O–H groups in total. The summed E-state index contributed by atoms with van der Waals surface area (Å²) in [7, 11) is 1.63. The fourth-order valence-electron chi connectivity index (χ4n) is 3.89. The highest BCUT2D eigenvalue weighted by Gasteiger charge is 2.23. The molecule has 0 atom stereocenters. The van der Waals surface area contributed by atoms with Crippen LogP contribution in [0.1, 0.15) is 22.7 Å². The first kappa shape index (κ1) is 21.8. The summed E-state index contributed by atoms with van der Waals surface area (Å²) in [4.78, 5) is 33.3. The van der Waals surface area contributed by atoms with E-state index in [9.17, 15) is 4.79 Å². The standard InChI is InChI=1S/C22H23N7O2S2/c1-31-11-10-29-19(30)17-14-8-5-9-15(14)33-18(17)27-22(29)32-12-16-25-20(23)28-21(26-16)24-13-6-3-2-4-7-13/h2-4,6-7H,5,8-12H2,1H3,(H3,23,24,25,26,28). The number of rotatable bonds is 8.